The third-order valence-electron chi connectivity index (χ3n) is 8.88. The second-order valence-electron chi connectivity index (χ2n) is 12.2. The number of nitrogens with one attached hydrogen (secondary N) is 1. The van der Waals surface area contributed by atoms with E-state index in [9.17, 15) is 13.2 Å². The van der Waals surface area contributed by atoms with Crippen LogP contribution in [0.4, 0.5) is 0 Å². The van der Waals surface area contributed by atoms with Crippen LogP contribution in [0.1, 0.15) is 48.8 Å². The number of ether oxygens (including phenoxy) is 3. The molecule has 4 aromatic carbocycles. The van der Waals surface area contributed by atoms with Gasteiger partial charge < -0.3 is 19.5 Å². The van der Waals surface area contributed by atoms with Crippen molar-refractivity contribution < 1.29 is 27.4 Å². The smallest absolute Gasteiger partial charge is 0.244 e. The molecule has 48 heavy (non-hydrogen) atoms. The van der Waals surface area contributed by atoms with Crippen LogP contribution in [0.2, 0.25) is 0 Å². The molecule has 9 heteroatoms. The number of sulfonamides is 1. The standard InChI is InChI=1S/C39H46N2O6S/c1-45-37-25-24-35(27-38(37)46-2)48(43,44)41-28-34(47-29-32-18-10-5-11-19-32)26-36(41)39(42)40-33(22-12-20-30-14-6-3-7-15-30)23-13-21-31-16-8-4-9-17-31/h3-11,14-19,24-25,27,33-34,36H,12-13,20-23,26,28-29H2,1-2H3,(H,40,42)/t34-,36+/m1/s1. The van der Waals surface area contributed by atoms with Crippen molar-refractivity contribution >= 4 is 15.9 Å². The Kier molecular flexibility index (Phi) is 12.7. The molecular weight excluding hydrogens is 625 g/mol. The minimum absolute atomic E-state index is 0.0314. The molecule has 5 rings (SSSR count). The summed E-state index contributed by atoms with van der Waals surface area (Å²) in [4.78, 5) is 14.2. The van der Waals surface area contributed by atoms with Gasteiger partial charge in [0.1, 0.15) is 6.04 Å². The molecule has 254 valence electrons. The molecule has 0 aromatic heterocycles. The lowest BCUT2D eigenvalue weighted by Crippen LogP contribution is -2.48. The molecule has 1 aliphatic heterocycles. The molecule has 0 unspecified atom stereocenters. The normalized spacial score (nSPS) is 16.6. The number of amides is 1. The lowest BCUT2D eigenvalue weighted by molar-refractivity contribution is -0.125. The van der Waals surface area contributed by atoms with Gasteiger partial charge >= 0.3 is 0 Å². The fourth-order valence-electron chi connectivity index (χ4n) is 6.27. The summed E-state index contributed by atoms with van der Waals surface area (Å²) in [7, 11) is -1.13. The monoisotopic (exact) mass is 670 g/mol. The lowest BCUT2D eigenvalue weighted by Gasteiger charge is -2.26. The summed E-state index contributed by atoms with van der Waals surface area (Å²) in [5.41, 5.74) is 3.50. The molecule has 0 aliphatic carbocycles. The summed E-state index contributed by atoms with van der Waals surface area (Å²) >= 11 is 0. The number of methoxy groups -OCH3 is 2. The predicted octanol–water partition coefficient (Wildman–Crippen LogP) is 6.58. The summed E-state index contributed by atoms with van der Waals surface area (Å²) in [5, 5.41) is 3.27. The second kappa shape index (κ2) is 17.3. The zero-order chi connectivity index (χ0) is 33.8. The first-order valence-corrected chi connectivity index (χ1v) is 18.1. The molecule has 1 fully saturated rings. The van der Waals surface area contributed by atoms with Gasteiger partial charge in [-0.25, -0.2) is 8.42 Å². The lowest BCUT2D eigenvalue weighted by atomic mass is 9.98. The average Bonchev–Trinajstić information content (AvgIpc) is 3.57. The molecule has 4 aromatic rings. The summed E-state index contributed by atoms with van der Waals surface area (Å²) < 4.78 is 46.6. The van der Waals surface area contributed by atoms with Gasteiger partial charge in [0.25, 0.3) is 0 Å². The van der Waals surface area contributed by atoms with Crippen LogP contribution in [-0.2, 0) is 39.0 Å². The van der Waals surface area contributed by atoms with Gasteiger partial charge in [-0.2, -0.15) is 4.31 Å². The van der Waals surface area contributed by atoms with E-state index < -0.39 is 22.2 Å². The Morgan fingerprint density at radius 1 is 0.771 bits per heavy atom. The minimum atomic E-state index is -4.09. The molecule has 0 spiro atoms. The first kappa shape index (κ1) is 35.1. The Morgan fingerprint density at radius 2 is 1.31 bits per heavy atom. The van der Waals surface area contributed by atoms with E-state index in [1.165, 1.54) is 41.8 Å². The predicted molar refractivity (Wildman–Crippen MR) is 188 cm³/mol. The zero-order valence-electron chi connectivity index (χ0n) is 27.8. The molecule has 1 N–H and O–H groups in total. The van der Waals surface area contributed by atoms with Crippen LogP contribution in [0.15, 0.2) is 114 Å². The number of hydrogen-bond acceptors (Lipinski definition) is 6. The number of rotatable bonds is 17. The van der Waals surface area contributed by atoms with E-state index in [0.29, 0.717) is 18.1 Å². The molecule has 1 heterocycles. The van der Waals surface area contributed by atoms with Gasteiger partial charge in [-0.05, 0) is 67.3 Å². The summed E-state index contributed by atoms with van der Waals surface area (Å²) in [6.07, 6.45) is 5.01. The number of aryl methyl sites for hydroxylation is 2. The number of carbonyl (C=O) groups is 1. The molecule has 0 radical (unpaired) electrons. The summed E-state index contributed by atoms with van der Waals surface area (Å²) in [6.45, 7) is 0.389. The third kappa shape index (κ3) is 9.46. The average molecular weight is 671 g/mol. The van der Waals surface area contributed by atoms with Crippen LogP contribution < -0.4 is 14.8 Å². The number of benzene rings is 4. The second-order valence-corrected chi connectivity index (χ2v) is 14.1. The van der Waals surface area contributed by atoms with E-state index >= 15 is 0 Å². The Bertz CT molecular complexity index is 1640. The Morgan fingerprint density at radius 3 is 1.85 bits per heavy atom. The van der Waals surface area contributed by atoms with Crippen molar-refractivity contribution in [2.45, 2.75) is 74.6 Å². The molecule has 0 saturated carbocycles. The van der Waals surface area contributed by atoms with Crippen molar-refractivity contribution in [3.05, 3.63) is 126 Å². The molecule has 1 amide bonds. The van der Waals surface area contributed by atoms with Crippen LogP contribution in [0.25, 0.3) is 0 Å². The van der Waals surface area contributed by atoms with Crippen molar-refractivity contribution in [2.75, 3.05) is 20.8 Å². The highest BCUT2D eigenvalue weighted by Crippen LogP contribution is 2.34. The van der Waals surface area contributed by atoms with Gasteiger partial charge in [0.05, 0.1) is 31.8 Å². The van der Waals surface area contributed by atoms with E-state index in [0.717, 1.165) is 44.1 Å². The topological polar surface area (TPSA) is 94.2 Å². The first-order chi connectivity index (χ1) is 23.4. The largest absolute Gasteiger partial charge is 0.493 e. The maximum absolute atomic E-state index is 14.2. The number of carbonyl (C=O) groups excluding carboxylic acids is 1. The highest BCUT2D eigenvalue weighted by atomic mass is 32.2. The first-order valence-electron chi connectivity index (χ1n) is 16.6. The Labute approximate surface area is 285 Å². The van der Waals surface area contributed by atoms with Gasteiger partial charge in [0.2, 0.25) is 15.9 Å². The Hall–Kier alpha value is -4.18. The van der Waals surface area contributed by atoms with Gasteiger partial charge in [-0.3, -0.25) is 4.79 Å². The third-order valence-corrected chi connectivity index (χ3v) is 10.7. The van der Waals surface area contributed by atoms with E-state index in [2.05, 4.69) is 29.6 Å². The maximum atomic E-state index is 14.2. The molecule has 2 atom stereocenters. The van der Waals surface area contributed by atoms with Crippen molar-refractivity contribution in [3.8, 4) is 11.5 Å². The zero-order valence-corrected chi connectivity index (χ0v) is 28.6. The van der Waals surface area contributed by atoms with Crippen LogP contribution >= 0.6 is 0 Å². The number of hydrogen-bond donors (Lipinski definition) is 1. The van der Waals surface area contributed by atoms with Gasteiger partial charge in [-0.1, -0.05) is 91.0 Å². The molecule has 1 aliphatic rings. The van der Waals surface area contributed by atoms with Crippen molar-refractivity contribution in [3.63, 3.8) is 0 Å². The van der Waals surface area contributed by atoms with Crippen LogP contribution in [-0.4, -0.2) is 57.6 Å². The van der Waals surface area contributed by atoms with Crippen LogP contribution in [0, 0.1) is 0 Å². The van der Waals surface area contributed by atoms with E-state index in [4.69, 9.17) is 14.2 Å². The minimum Gasteiger partial charge on any atom is -0.493 e. The van der Waals surface area contributed by atoms with E-state index in [-0.39, 0.29) is 29.8 Å². The van der Waals surface area contributed by atoms with E-state index in [1.54, 1.807) is 6.07 Å². The molecule has 0 bridgehead atoms. The quantitative estimate of drug-likeness (QED) is 0.136. The van der Waals surface area contributed by atoms with Crippen LogP contribution in [0.3, 0.4) is 0 Å². The molecular formula is C39H46N2O6S. The fourth-order valence-corrected chi connectivity index (χ4v) is 7.92. The summed E-state index contributed by atoms with van der Waals surface area (Å²) in [5.74, 6) is 0.423. The van der Waals surface area contributed by atoms with Crippen molar-refractivity contribution in [1.82, 2.24) is 9.62 Å². The van der Waals surface area contributed by atoms with Crippen LogP contribution in [0.5, 0.6) is 11.5 Å². The highest BCUT2D eigenvalue weighted by molar-refractivity contribution is 7.89. The van der Waals surface area contributed by atoms with Gasteiger partial charge in [0, 0.05) is 25.1 Å². The Balaban J connectivity index is 1.34. The molecule has 8 nitrogen and oxygen atoms in total. The fraction of sp³-hybridized carbons (Fsp3) is 0.359. The van der Waals surface area contributed by atoms with Gasteiger partial charge in [-0.15, -0.1) is 0 Å². The van der Waals surface area contributed by atoms with Gasteiger partial charge in [0.15, 0.2) is 11.5 Å². The maximum Gasteiger partial charge on any atom is 0.244 e. The SMILES string of the molecule is COc1ccc(S(=O)(=O)N2C[C@H](OCc3ccccc3)C[C@H]2C(=O)NC(CCCc2ccccc2)CCCc2ccccc2)cc1OC. The number of nitrogens with zero attached hydrogens (tertiary/aromatic N) is 1. The van der Waals surface area contributed by atoms with Crippen molar-refractivity contribution in [1.29, 1.82) is 0 Å². The molecule has 1 saturated heterocycles. The van der Waals surface area contributed by atoms with E-state index in [1.807, 2.05) is 66.7 Å². The van der Waals surface area contributed by atoms with Crippen molar-refractivity contribution in [2.24, 2.45) is 0 Å². The summed E-state index contributed by atoms with van der Waals surface area (Å²) in [6, 6.07) is 33.9. The highest BCUT2D eigenvalue weighted by Gasteiger charge is 2.45.